The van der Waals surface area contributed by atoms with Gasteiger partial charge in [0.15, 0.2) is 11.2 Å². The van der Waals surface area contributed by atoms with Crippen molar-refractivity contribution in [2.75, 3.05) is 14.7 Å². The van der Waals surface area contributed by atoms with E-state index < -0.39 is 0 Å². The van der Waals surface area contributed by atoms with Gasteiger partial charge in [0.1, 0.15) is 11.2 Å². The second kappa shape index (κ2) is 13.8. The summed E-state index contributed by atoms with van der Waals surface area (Å²) in [6, 6.07) is 65.9. The van der Waals surface area contributed by atoms with E-state index in [0.29, 0.717) is 0 Å². The number of nitrogens with zero attached hydrogens (tertiary/aromatic N) is 3. The fourth-order valence-electron chi connectivity index (χ4n) is 10.9. The number of para-hydroxylation sites is 8. The minimum Gasteiger partial charge on any atom is -0.454 e. The van der Waals surface area contributed by atoms with Crippen molar-refractivity contribution < 1.29 is 8.83 Å². The van der Waals surface area contributed by atoms with Crippen LogP contribution < -0.4 is 31.1 Å². The molecular formula is C58H42BN3O2. The molecule has 0 N–H and O–H groups in total. The minimum absolute atomic E-state index is 0.0181. The molecule has 9 aromatic carbocycles. The zero-order valence-corrected chi connectivity index (χ0v) is 36.1. The molecule has 64 heavy (non-hydrogen) atoms. The lowest BCUT2D eigenvalue weighted by Gasteiger charge is -2.46. The summed E-state index contributed by atoms with van der Waals surface area (Å²) in [5, 5.41) is 4.29. The van der Waals surface area contributed by atoms with Crippen LogP contribution >= 0.6 is 0 Å². The number of aryl methyl sites for hydroxylation is 4. The van der Waals surface area contributed by atoms with Crippen LogP contribution in [0.15, 0.2) is 191 Å². The molecular weight excluding hydrogens is 781 g/mol. The summed E-state index contributed by atoms with van der Waals surface area (Å²) in [6.45, 7) is 8.96. The lowest BCUT2D eigenvalue weighted by molar-refractivity contribution is 0.666. The van der Waals surface area contributed by atoms with Crippen molar-refractivity contribution in [1.82, 2.24) is 0 Å². The number of hydrogen-bond donors (Lipinski definition) is 0. The van der Waals surface area contributed by atoms with Gasteiger partial charge in [-0.1, -0.05) is 133 Å². The van der Waals surface area contributed by atoms with E-state index >= 15 is 0 Å². The first-order valence-corrected chi connectivity index (χ1v) is 22.1. The lowest BCUT2D eigenvalue weighted by Crippen LogP contribution is -2.61. The molecule has 0 spiro atoms. The third-order valence-electron chi connectivity index (χ3n) is 13.7. The largest absolute Gasteiger partial charge is 0.454 e. The Kier molecular flexibility index (Phi) is 7.89. The molecule has 2 aromatic heterocycles. The molecule has 0 radical (unpaired) electrons. The van der Waals surface area contributed by atoms with Crippen molar-refractivity contribution in [1.29, 1.82) is 0 Å². The maximum atomic E-state index is 6.92. The first-order valence-electron chi connectivity index (χ1n) is 22.1. The smallest absolute Gasteiger partial charge is 0.252 e. The van der Waals surface area contributed by atoms with Gasteiger partial charge in [-0.3, -0.25) is 0 Å². The molecule has 0 bridgehead atoms. The molecule has 11 aromatic rings. The quantitative estimate of drug-likeness (QED) is 0.162. The van der Waals surface area contributed by atoms with Gasteiger partial charge in [-0.2, -0.15) is 0 Å². The van der Waals surface area contributed by atoms with Crippen LogP contribution in [0.1, 0.15) is 22.3 Å². The van der Waals surface area contributed by atoms with E-state index in [1.165, 1.54) is 50.0 Å². The van der Waals surface area contributed by atoms with Gasteiger partial charge in [0, 0.05) is 55.7 Å². The number of anilines is 9. The molecule has 0 atom stereocenters. The van der Waals surface area contributed by atoms with E-state index in [-0.39, 0.29) is 6.71 Å². The van der Waals surface area contributed by atoms with Crippen molar-refractivity contribution in [3.63, 3.8) is 0 Å². The lowest BCUT2D eigenvalue weighted by atomic mass is 9.33. The summed E-state index contributed by atoms with van der Waals surface area (Å²) in [4.78, 5) is 7.46. The van der Waals surface area contributed by atoms with Crippen molar-refractivity contribution in [3.05, 3.63) is 204 Å². The molecule has 4 heterocycles. The van der Waals surface area contributed by atoms with Crippen LogP contribution in [-0.2, 0) is 0 Å². The van der Waals surface area contributed by atoms with Gasteiger partial charge in [0.2, 0.25) is 0 Å². The van der Waals surface area contributed by atoms with E-state index in [4.69, 9.17) is 8.83 Å². The predicted octanol–water partition coefficient (Wildman–Crippen LogP) is 14.3. The number of benzene rings is 9. The Morgan fingerprint density at radius 3 is 1.28 bits per heavy atom. The molecule has 2 aliphatic rings. The maximum absolute atomic E-state index is 6.92. The third-order valence-corrected chi connectivity index (χ3v) is 13.7. The molecule has 0 saturated heterocycles. The molecule has 13 rings (SSSR count). The minimum atomic E-state index is -0.0181. The highest BCUT2D eigenvalue weighted by molar-refractivity contribution is 7.00. The van der Waals surface area contributed by atoms with Gasteiger partial charge in [0.25, 0.3) is 6.71 Å². The third kappa shape index (κ3) is 5.14. The average Bonchev–Trinajstić information content (AvgIpc) is 3.90. The summed E-state index contributed by atoms with van der Waals surface area (Å²) < 4.78 is 13.8. The fourth-order valence-corrected chi connectivity index (χ4v) is 10.9. The zero-order chi connectivity index (χ0) is 42.8. The Labute approximate surface area is 372 Å². The molecule has 0 amide bonds. The van der Waals surface area contributed by atoms with Crippen LogP contribution in [0, 0.1) is 27.7 Å². The fraction of sp³-hybridized carbons (Fsp3) is 0.0690. The van der Waals surface area contributed by atoms with E-state index in [9.17, 15) is 0 Å². The highest BCUT2D eigenvalue weighted by atomic mass is 16.3. The first kappa shape index (κ1) is 36.7. The van der Waals surface area contributed by atoms with Gasteiger partial charge in [0.05, 0.1) is 17.1 Å². The summed E-state index contributed by atoms with van der Waals surface area (Å²) in [7, 11) is 0. The van der Waals surface area contributed by atoms with Crippen LogP contribution in [0.25, 0.3) is 43.9 Å². The highest BCUT2D eigenvalue weighted by Crippen LogP contribution is 2.52. The van der Waals surface area contributed by atoms with Crippen LogP contribution in [0.2, 0.25) is 0 Å². The molecule has 2 aliphatic heterocycles. The average molecular weight is 824 g/mol. The van der Waals surface area contributed by atoms with E-state index in [1.807, 2.05) is 12.1 Å². The predicted molar refractivity (Wildman–Crippen MR) is 269 cm³/mol. The Morgan fingerprint density at radius 2 is 0.797 bits per heavy atom. The van der Waals surface area contributed by atoms with Gasteiger partial charge in [-0.25, -0.2) is 0 Å². The maximum Gasteiger partial charge on any atom is 0.252 e. The Balaban J connectivity index is 1.21. The van der Waals surface area contributed by atoms with E-state index in [0.717, 1.165) is 83.7 Å². The second-order valence-electron chi connectivity index (χ2n) is 17.4. The molecule has 0 aliphatic carbocycles. The summed E-state index contributed by atoms with van der Waals surface area (Å²) in [6.07, 6.45) is 0. The van der Waals surface area contributed by atoms with Crippen LogP contribution in [-0.4, -0.2) is 6.71 Å². The van der Waals surface area contributed by atoms with Crippen LogP contribution in [0.4, 0.5) is 51.2 Å². The molecule has 304 valence electrons. The molecule has 0 unspecified atom stereocenters. The molecule has 6 heteroatoms. The summed E-state index contributed by atoms with van der Waals surface area (Å²) in [5.74, 6) is 0. The van der Waals surface area contributed by atoms with Crippen molar-refractivity contribution >= 4 is 118 Å². The van der Waals surface area contributed by atoms with Crippen molar-refractivity contribution in [2.24, 2.45) is 0 Å². The van der Waals surface area contributed by atoms with Crippen LogP contribution in [0.5, 0.6) is 0 Å². The number of furan rings is 2. The van der Waals surface area contributed by atoms with Gasteiger partial charge < -0.3 is 23.5 Å². The van der Waals surface area contributed by atoms with Crippen molar-refractivity contribution in [3.8, 4) is 0 Å². The first-order chi connectivity index (χ1) is 31.4. The van der Waals surface area contributed by atoms with Crippen LogP contribution in [0.3, 0.4) is 0 Å². The zero-order valence-electron chi connectivity index (χ0n) is 36.1. The summed E-state index contributed by atoms with van der Waals surface area (Å²) in [5.41, 5.74) is 21.9. The Morgan fingerprint density at radius 1 is 0.391 bits per heavy atom. The van der Waals surface area contributed by atoms with E-state index in [1.54, 1.807) is 0 Å². The monoisotopic (exact) mass is 823 g/mol. The number of fused-ring (bicyclic) bond motifs is 10. The number of rotatable bonds is 5. The normalized spacial score (nSPS) is 12.9. The van der Waals surface area contributed by atoms with Gasteiger partial charge in [-0.15, -0.1) is 0 Å². The summed E-state index contributed by atoms with van der Waals surface area (Å²) >= 11 is 0. The SMILES string of the molecule is Cc1ccccc1N1c2cc(N(c3cccc4c3oc3ccccc34)c3cccc4c3oc3ccccc34)cc3c2B(c2cccc(C)c21)c1cccc(C)c1N3c1ccccc1C. The van der Waals surface area contributed by atoms with Gasteiger partial charge >= 0.3 is 0 Å². The van der Waals surface area contributed by atoms with Crippen molar-refractivity contribution in [2.45, 2.75) is 27.7 Å². The molecule has 5 nitrogen and oxygen atoms in total. The topological polar surface area (TPSA) is 36.0 Å². The van der Waals surface area contributed by atoms with Gasteiger partial charge in [-0.05, 0) is 115 Å². The standard InChI is InChI=1S/C58H42BN3O2/c1-35-17-5-9-27-46(35)61-50-33-39(34-51-54(50)59(44-25-13-19-37(3)55(44)61)45-26-14-20-38(4)56(45)62(51)47-28-10-6-18-36(47)2)60(48-29-15-23-42-40-21-7-11-31-52(40)63-57(42)48)49-30-16-24-43-41-22-8-12-32-53(41)64-58(43)49/h5-34H,1-4H3. The van der Waals surface area contributed by atoms with E-state index in [2.05, 4.69) is 212 Å². The Hall–Kier alpha value is -7.96. The Bertz CT molecular complexity index is 3490. The molecule has 0 saturated carbocycles. The highest BCUT2D eigenvalue weighted by Gasteiger charge is 2.45. The second-order valence-corrected chi connectivity index (χ2v) is 17.4. The molecule has 0 fully saturated rings. The number of hydrogen-bond acceptors (Lipinski definition) is 5.